The molecule has 0 spiro atoms. The van der Waals surface area contributed by atoms with E-state index in [1.54, 1.807) is 22.9 Å². The molecule has 2 atom stereocenters. The molecule has 1 fully saturated rings. The smallest absolute Gasteiger partial charge is 0.356 e. The van der Waals surface area contributed by atoms with Crippen LogP contribution in [0.2, 0.25) is 0 Å². The van der Waals surface area contributed by atoms with Crippen LogP contribution in [0.15, 0.2) is 36.5 Å². The number of halogens is 1. The summed E-state index contributed by atoms with van der Waals surface area (Å²) in [5.41, 5.74) is 2.50. The second-order valence-electron chi connectivity index (χ2n) is 8.45. The SMILES string of the molecule is CCn1c(C(=O)OC)c(NC(=O)[C@@H]2CCOC2)c2cc(N[C@H](C)Cc3ccccc3F)cnc21. The number of anilines is 2. The number of fused-ring (bicyclic) bond motifs is 1. The van der Waals surface area contributed by atoms with Crippen LogP contribution in [0.3, 0.4) is 0 Å². The number of ether oxygens (including phenoxy) is 2. The molecule has 0 aliphatic carbocycles. The van der Waals surface area contributed by atoms with Gasteiger partial charge in [-0.2, -0.15) is 0 Å². The second-order valence-corrected chi connectivity index (χ2v) is 8.45. The zero-order valence-electron chi connectivity index (χ0n) is 19.6. The van der Waals surface area contributed by atoms with Gasteiger partial charge in [-0.15, -0.1) is 0 Å². The van der Waals surface area contributed by atoms with Gasteiger partial charge in [-0.05, 0) is 44.4 Å². The quantitative estimate of drug-likeness (QED) is 0.486. The topological polar surface area (TPSA) is 94.5 Å². The van der Waals surface area contributed by atoms with E-state index >= 15 is 0 Å². The molecule has 1 aromatic carbocycles. The molecule has 8 nitrogen and oxygen atoms in total. The number of aryl methyl sites for hydroxylation is 1. The highest BCUT2D eigenvalue weighted by molar-refractivity contribution is 6.11. The minimum Gasteiger partial charge on any atom is -0.464 e. The first-order valence-corrected chi connectivity index (χ1v) is 11.4. The van der Waals surface area contributed by atoms with Crippen LogP contribution in [0.25, 0.3) is 11.0 Å². The van der Waals surface area contributed by atoms with Crippen LogP contribution < -0.4 is 10.6 Å². The molecule has 2 N–H and O–H groups in total. The van der Waals surface area contributed by atoms with Gasteiger partial charge in [0.05, 0.1) is 37.2 Å². The Morgan fingerprint density at radius 2 is 2.15 bits per heavy atom. The van der Waals surface area contributed by atoms with Gasteiger partial charge in [0.1, 0.15) is 11.5 Å². The number of methoxy groups -OCH3 is 1. The summed E-state index contributed by atoms with van der Waals surface area (Å²) in [6.07, 6.45) is 2.79. The molecule has 0 saturated carbocycles. The standard InChI is InChI=1S/C25H29FN4O4/c1-4-30-22(25(32)33-3)21(29-24(31)17-9-10-34-14-17)19-12-18(13-27-23(19)30)28-15(2)11-16-7-5-6-8-20(16)26/h5-8,12-13,15,17,28H,4,9-11,14H2,1-3H3,(H,29,31)/t15-,17-/m1/s1. The van der Waals surface area contributed by atoms with Crippen molar-refractivity contribution < 1.29 is 23.5 Å². The van der Waals surface area contributed by atoms with Crippen molar-refractivity contribution >= 4 is 34.3 Å². The minimum atomic E-state index is -0.555. The molecule has 180 valence electrons. The van der Waals surface area contributed by atoms with Crippen LogP contribution in [0.5, 0.6) is 0 Å². The number of nitrogens with zero attached hydrogens (tertiary/aromatic N) is 2. The molecule has 4 rings (SSSR count). The third kappa shape index (κ3) is 4.75. The van der Waals surface area contributed by atoms with E-state index in [2.05, 4.69) is 15.6 Å². The van der Waals surface area contributed by atoms with Gasteiger partial charge in [-0.1, -0.05) is 18.2 Å². The molecular weight excluding hydrogens is 439 g/mol. The maximum absolute atomic E-state index is 14.1. The van der Waals surface area contributed by atoms with E-state index in [0.29, 0.717) is 60.6 Å². The van der Waals surface area contributed by atoms with Crippen molar-refractivity contribution in [2.24, 2.45) is 5.92 Å². The third-order valence-electron chi connectivity index (χ3n) is 6.04. The van der Waals surface area contributed by atoms with Crippen molar-refractivity contribution in [3.63, 3.8) is 0 Å². The molecule has 9 heteroatoms. The van der Waals surface area contributed by atoms with E-state index < -0.39 is 5.97 Å². The molecule has 3 aromatic rings. The highest BCUT2D eigenvalue weighted by atomic mass is 19.1. The van der Waals surface area contributed by atoms with Crippen molar-refractivity contribution in [3.05, 3.63) is 53.6 Å². The maximum Gasteiger partial charge on any atom is 0.356 e. The summed E-state index contributed by atoms with van der Waals surface area (Å²) >= 11 is 0. The predicted octanol–water partition coefficient (Wildman–Crippen LogP) is 4.00. The first kappa shape index (κ1) is 23.7. The van der Waals surface area contributed by atoms with Gasteiger partial charge in [-0.3, -0.25) is 4.79 Å². The Bertz CT molecular complexity index is 1200. The van der Waals surface area contributed by atoms with Crippen molar-refractivity contribution in [2.75, 3.05) is 31.0 Å². The second kappa shape index (κ2) is 10.2. The lowest BCUT2D eigenvalue weighted by atomic mass is 10.1. The van der Waals surface area contributed by atoms with Crippen LogP contribution in [0.4, 0.5) is 15.8 Å². The normalized spacial score (nSPS) is 16.4. The number of hydrogen-bond acceptors (Lipinski definition) is 6. The molecule has 34 heavy (non-hydrogen) atoms. The number of benzene rings is 1. The lowest BCUT2D eigenvalue weighted by Crippen LogP contribution is -2.24. The van der Waals surface area contributed by atoms with Crippen molar-refractivity contribution in [1.29, 1.82) is 0 Å². The summed E-state index contributed by atoms with van der Waals surface area (Å²) in [5, 5.41) is 6.91. The van der Waals surface area contributed by atoms with Gasteiger partial charge in [0, 0.05) is 24.6 Å². The molecule has 0 unspecified atom stereocenters. The van der Waals surface area contributed by atoms with Gasteiger partial charge in [-0.25, -0.2) is 14.2 Å². The molecule has 2 aromatic heterocycles. The van der Waals surface area contributed by atoms with Crippen LogP contribution in [0.1, 0.15) is 36.3 Å². The summed E-state index contributed by atoms with van der Waals surface area (Å²) in [6.45, 7) is 5.20. The minimum absolute atomic E-state index is 0.0850. The fraction of sp³-hybridized carbons (Fsp3) is 0.400. The molecule has 0 bridgehead atoms. The van der Waals surface area contributed by atoms with E-state index in [9.17, 15) is 14.0 Å². The van der Waals surface area contributed by atoms with E-state index in [4.69, 9.17) is 9.47 Å². The van der Waals surface area contributed by atoms with Gasteiger partial charge in [0.25, 0.3) is 0 Å². The van der Waals surface area contributed by atoms with Crippen molar-refractivity contribution in [3.8, 4) is 0 Å². The number of nitrogens with one attached hydrogen (secondary N) is 2. The fourth-order valence-corrected chi connectivity index (χ4v) is 4.34. The Labute approximate surface area is 197 Å². The maximum atomic E-state index is 14.1. The first-order valence-electron chi connectivity index (χ1n) is 11.4. The van der Waals surface area contributed by atoms with Gasteiger partial charge >= 0.3 is 5.97 Å². The van der Waals surface area contributed by atoms with Gasteiger partial charge in [0.15, 0.2) is 5.69 Å². The first-order chi connectivity index (χ1) is 16.4. The van der Waals surface area contributed by atoms with Crippen LogP contribution >= 0.6 is 0 Å². The highest BCUT2D eigenvalue weighted by Gasteiger charge is 2.29. The van der Waals surface area contributed by atoms with Crippen molar-refractivity contribution in [2.45, 2.75) is 39.3 Å². The monoisotopic (exact) mass is 468 g/mol. The summed E-state index contributed by atoms with van der Waals surface area (Å²) < 4.78 is 26.1. The number of rotatable bonds is 8. The molecule has 3 heterocycles. The molecule has 1 aliphatic heterocycles. The number of pyridine rings is 1. The molecule has 1 amide bonds. The van der Waals surface area contributed by atoms with Gasteiger partial charge in [0.2, 0.25) is 5.91 Å². The predicted molar refractivity (Wildman–Crippen MR) is 127 cm³/mol. The van der Waals surface area contributed by atoms with E-state index in [-0.39, 0.29) is 29.4 Å². The average molecular weight is 469 g/mol. The molecular formula is C25H29FN4O4. The van der Waals surface area contributed by atoms with Crippen LogP contribution in [-0.2, 0) is 27.2 Å². The lowest BCUT2D eigenvalue weighted by Gasteiger charge is -2.16. The average Bonchev–Trinajstić information content (AvgIpc) is 3.47. The Balaban J connectivity index is 1.68. The zero-order valence-corrected chi connectivity index (χ0v) is 19.6. The number of hydrogen-bond donors (Lipinski definition) is 2. The Morgan fingerprint density at radius 3 is 2.82 bits per heavy atom. The van der Waals surface area contributed by atoms with E-state index in [1.165, 1.54) is 13.2 Å². The highest BCUT2D eigenvalue weighted by Crippen LogP contribution is 2.33. The summed E-state index contributed by atoms with van der Waals surface area (Å²) in [5.74, 6) is -1.28. The summed E-state index contributed by atoms with van der Waals surface area (Å²) in [7, 11) is 1.31. The molecule has 0 radical (unpaired) electrons. The van der Waals surface area contributed by atoms with E-state index in [0.717, 1.165) is 0 Å². The van der Waals surface area contributed by atoms with E-state index in [1.807, 2.05) is 26.0 Å². The number of esters is 1. The summed E-state index contributed by atoms with van der Waals surface area (Å²) in [6, 6.07) is 8.45. The molecule has 1 aliphatic rings. The third-order valence-corrected chi connectivity index (χ3v) is 6.04. The lowest BCUT2D eigenvalue weighted by molar-refractivity contribution is -0.119. The largest absolute Gasteiger partial charge is 0.464 e. The Hall–Kier alpha value is -3.46. The fourth-order valence-electron chi connectivity index (χ4n) is 4.34. The number of carbonyl (C=O) groups excluding carboxylic acids is 2. The zero-order chi connectivity index (χ0) is 24.2. The Morgan fingerprint density at radius 1 is 1.35 bits per heavy atom. The number of carbonyl (C=O) groups is 2. The molecule has 1 saturated heterocycles. The van der Waals surface area contributed by atoms with Gasteiger partial charge < -0.3 is 24.7 Å². The number of aromatic nitrogens is 2. The Kier molecular flexibility index (Phi) is 7.12. The summed E-state index contributed by atoms with van der Waals surface area (Å²) in [4.78, 5) is 30.2. The van der Waals surface area contributed by atoms with Crippen LogP contribution in [0, 0.1) is 11.7 Å². The number of amides is 1. The van der Waals surface area contributed by atoms with Crippen LogP contribution in [-0.4, -0.2) is 47.8 Å². The van der Waals surface area contributed by atoms with Crippen molar-refractivity contribution in [1.82, 2.24) is 9.55 Å².